The number of nitrogens with one attached hydrogen (secondary N) is 1. The van der Waals surface area contributed by atoms with Crippen molar-refractivity contribution in [3.63, 3.8) is 0 Å². The maximum Gasteiger partial charge on any atom is 0.257 e. The molecular formula is C23H22N6O2. The molecule has 0 bridgehead atoms. The summed E-state index contributed by atoms with van der Waals surface area (Å²) in [5.74, 6) is -0.951. The smallest absolute Gasteiger partial charge is 0.257 e. The molecule has 1 fully saturated rings. The minimum Gasteiger partial charge on any atom is -0.378 e. The van der Waals surface area contributed by atoms with Gasteiger partial charge in [-0.25, -0.2) is 15.0 Å². The maximum absolute atomic E-state index is 13.1. The zero-order valence-electron chi connectivity index (χ0n) is 24.3. The summed E-state index contributed by atoms with van der Waals surface area (Å²) < 4.78 is 70.7. The van der Waals surface area contributed by atoms with Gasteiger partial charge in [0.2, 0.25) is 0 Å². The van der Waals surface area contributed by atoms with Crippen molar-refractivity contribution in [3.8, 4) is 11.3 Å². The Labute approximate surface area is 190 Å². The molecule has 0 saturated carbocycles. The van der Waals surface area contributed by atoms with Crippen LogP contribution in [0.1, 0.15) is 21.3 Å². The Morgan fingerprint density at radius 1 is 1.10 bits per heavy atom. The molecule has 31 heavy (non-hydrogen) atoms. The van der Waals surface area contributed by atoms with E-state index < -0.39 is 37.8 Å². The number of carbonyl (C=O) groups is 1. The van der Waals surface area contributed by atoms with E-state index in [0.717, 1.165) is 34.3 Å². The summed E-state index contributed by atoms with van der Waals surface area (Å²) in [4.78, 5) is 25.6. The van der Waals surface area contributed by atoms with Gasteiger partial charge in [0, 0.05) is 48.9 Å². The predicted molar refractivity (Wildman–Crippen MR) is 119 cm³/mol. The lowest BCUT2D eigenvalue weighted by molar-refractivity contribution is 0.102. The number of pyridine rings is 2. The van der Waals surface area contributed by atoms with Gasteiger partial charge in [0.1, 0.15) is 11.6 Å². The van der Waals surface area contributed by atoms with Crippen molar-refractivity contribution < 1.29 is 20.5 Å². The van der Waals surface area contributed by atoms with Gasteiger partial charge in [0.25, 0.3) is 5.91 Å². The molecule has 5 rings (SSSR count). The molecule has 8 nitrogen and oxygen atoms in total. The number of morpholine rings is 1. The minimum atomic E-state index is -3.24. The average molecular weight is 423 g/mol. The van der Waals surface area contributed by atoms with Crippen molar-refractivity contribution in [2.45, 2.75) is 0 Å². The predicted octanol–water partition coefficient (Wildman–Crippen LogP) is 3.12. The van der Waals surface area contributed by atoms with Crippen LogP contribution in [0.4, 0.5) is 11.6 Å². The van der Waals surface area contributed by atoms with Crippen molar-refractivity contribution in [2.75, 3.05) is 36.3 Å². The number of carbonyl (C=O) groups excluding carboxylic acids is 1. The highest BCUT2D eigenvalue weighted by Crippen LogP contribution is 2.25. The first-order valence-corrected chi connectivity index (χ1v) is 9.28. The molecule has 4 heterocycles. The molecule has 0 aliphatic carbocycles. The molecule has 1 N–H and O–H groups in total. The molecule has 8 heteroatoms. The van der Waals surface area contributed by atoms with Crippen LogP contribution < -0.4 is 10.2 Å². The third-order valence-corrected chi connectivity index (χ3v) is 4.73. The van der Waals surface area contributed by atoms with Crippen LogP contribution in [0.3, 0.4) is 0 Å². The number of hydrogen-bond donors (Lipinski definition) is 1. The summed E-state index contributed by atoms with van der Waals surface area (Å²) in [7, 11) is 1.88. The molecule has 0 radical (unpaired) electrons. The van der Waals surface area contributed by atoms with Crippen LogP contribution in [0.15, 0.2) is 61.3 Å². The van der Waals surface area contributed by atoms with E-state index in [-0.39, 0.29) is 16.3 Å². The highest BCUT2D eigenvalue weighted by molar-refractivity contribution is 6.05. The van der Waals surface area contributed by atoms with Gasteiger partial charge in [-0.3, -0.25) is 4.79 Å². The number of benzene rings is 1. The second kappa shape index (κ2) is 8.16. The molecule has 156 valence electrons. The number of aryl methyl sites for hydroxylation is 1. The van der Waals surface area contributed by atoms with Crippen molar-refractivity contribution in [1.82, 2.24) is 19.5 Å². The standard InChI is InChI=1S/C23H22N6O2/c1-28-15-24-14-20(28)16-2-3-18-13-26-21(11-19(18)10-16)27-23(30)17-4-5-25-22(12-17)29-6-8-31-9-7-29/h2-5,10-15H,6-9H2,1H3,(H,26,27,30)/i6D2,7D2,8D2,9D2. The molecule has 1 aromatic carbocycles. The summed E-state index contributed by atoms with van der Waals surface area (Å²) in [6.45, 7) is -12.9. The van der Waals surface area contributed by atoms with E-state index in [0.29, 0.717) is 0 Å². The van der Waals surface area contributed by atoms with Crippen LogP contribution in [0.2, 0.25) is 0 Å². The Kier molecular flexibility index (Phi) is 3.20. The van der Waals surface area contributed by atoms with Crippen LogP contribution in [0.25, 0.3) is 22.0 Å². The number of anilines is 2. The molecule has 0 atom stereocenters. The second-order valence-electron chi connectivity index (χ2n) is 6.74. The number of ether oxygens (including phenoxy) is 1. The molecule has 4 aromatic rings. The molecular weight excluding hydrogens is 392 g/mol. The molecule has 1 amide bonds. The van der Waals surface area contributed by atoms with Crippen LogP contribution in [-0.2, 0) is 11.8 Å². The van der Waals surface area contributed by atoms with E-state index in [9.17, 15) is 4.79 Å². The SMILES string of the molecule is [2H]C1([2H])OC([2H])([2H])C([2H])([2H])N(c2cc(C(=O)Nc3cc4cc(-c5cncn5C)ccc4cn3)ccn2)C1([2H])[2H]. The lowest BCUT2D eigenvalue weighted by atomic mass is 10.1. The second-order valence-corrected chi connectivity index (χ2v) is 6.74. The number of fused-ring (bicyclic) bond motifs is 1. The average Bonchev–Trinajstić information content (AvgIpc) is 3.28. The van der Waals surface area contributed by atoms with Crippen molar-refractivity contribution in [1.29, 1.82) is 0 Å². The highest BCUT2D eigenvalue weighted by Gasteiger charge is 2.15. The molecule has 1 aliphatic heterocycles. The van der Waals surface area contributed by atoms with Crippen molar-refractivity contribution >= 4 is 28.3 Å². The van der Waals surface area contributed by atoms with Gasteiger partial charge in [-0.1, -0.05) is 12.1 Å². The van der Waals surface area contributed by atoms with Gasteiger partial charge in [0.05, 0.1) is 42.3 Å². The van der Waals surface area contributed by atoms with Gasteiger partial charge < -0.3 is 19.5 Å². The maximum atomic E-state index is 13.1. The lowest BCUT2D eigenvalue weighted by Crippen LogP contribution is -2.36. The summed E-state index contributed by atoms with van der Waals surface area (Å²) in [5.41, 5.74) is 1.75. The summed E-state index contributed by atoms with van der Waals surface area (Å²) in [6.07, 6.45) is 6.14. The molecule has 1 aliphatic rings. The fourth-order valence-corrected chi connectivity index (χ4v) is 3.18. The zero-order chi connectivity index (χ0) is 28.4. The fourth-order valence-electron chi connectivity index (χ4n) is 3.18. The first-order chi connectivity index (χ1) is 18.1. The number of hydrogen-bond acceptors (Lipinski definition) is 6. The number of rotatable bonds is 4. The first-order valence-electron chi connectivity index (χ1n) is 13.3. The normalized spacial score (nSPS) is 24.4. The van der Waals surface area contributed by atoms with Gasteiger partial charge in [0.15, 0.2) is 0 Å². The monoisotopic (exact) mass is 422 g/mol. The third-order valence-electron chi connectivity index (χ3n) is 4.73. The van der Waals surface area contributed by atoms with Crippen LogP contribution in [0, 0.1) is 0 Å². The number of aromatic nitrogens is 4. The first kappa shape index (κ1) is 12.2. The highest BCUT2D eigenvalue weighted by atomic mass is 16.5. The van der Waals surface area contributed by atoms with Crippen LogP contribution in [0.5, 0.6) is 0 Å². The summed E-state index contributed by atoms with van der Waals surface area (Å²) in [6, 6.07) is 9.79. The molecule has 1 saturated heterocycles. The van der Waals surface area contributed by atoms with E-state index in [1.165, 1.54) is 6.07 Å². The van der Waals surface area contributed by atoms with E-state index in [1.54, 1.807) is 24.8 Å². The Morgan fingerprint density at radius 3 is 2.77 bits per heavy atom. The number of imidazole rings is 1. The molecule has 0 unspecified atom stereocenters. The molecule has 3 aromatic heterocycles. The van der Waals surface area contributed by atoms with Crippen molar-refractivity contribution in [3.05, 3.63) is 66.9 Å². The van der Waals surface area contributed by atoms with E-state index in [2.05, 4.69) is 25.0 Å². The summed E-state index contributed by atoms with van der Waals surface area (Å²) >= 11 is 0. The Hall–Kier alpha value is -3.78. The number of nitrogens with zero attached hydrogens (tertiary/aromatic N) is 5. The van der Waals surface area contributed by atoms with Crippen LogP contribution in [-0.4, -0.2) is 51.5 Å². The lowest BCUT2D eigenvalue weighted by Gasteiger charge is -2.27. The van der Waals surface area contributed by atoms with Crippen molar-refractivity contribution in [2.24, 2.45) is 7.05 Å². The zero-order valence-corrected chi connectivity index (χ0v) is 16.3. The van der Waals surface area contributed by atoms with E-state index in [1.807, 2.05) is 29.8 Å². The van der Waals surface area contributed by atoms with Crippen LogP contribution >= 0.6 is 0 Å². The van der Waals surface area contributed by atoms with Gasteiger partial charge in [-0.2, -0.15) is 0 Å². The largest absolute Gasteiger partial charge is 0.378 e. The van der Waals surface area contributed by atoms with Gasteiger partial charge in [-0.05, 0) is 29.7 Å². The quantitative estimate of drug-likeness (QED) is 0.544. The Bertz CT molecular complexity index is 1570. The molecule has 0 spiro atoms. The Morgan fingerprint density at radius 2 is 1.97 bits per heavy atom. The van der Waals surface area contributed by atoms with Gasteiger partial charge in [-0.15, -0.1) is 0 Å². The van der Waals surface area contributed by atoms with Gasteiger partial charge >= 0.3 is 0 Å². The topological polar surface area (TPSA) is 85.2 Å². The summed E-state index contributed by atoms with van der Waals surface area (Å²) in [5, 5.41) is 4.28. The fraction of sp³-hybridized carbons (Fsp3) is 0.217. The van der Waals surface area contributed by atoms with E-state index in [4.69, 9.17) is 11.0 Å². The van der Waals surface area contributed by atoms with E-state index >= 15 is 0 Å². The minimum absolute atomic E-state index is 0.0650. The number of amides is 1. The Balaban J connectivity index is 1.46. The third kappa shape index (κ3) is 3.97.